The third-order valence-corrected chi connectivity index (χ3v) is 24.3. The van der Waals surface area contributed by atoms with Crippen molar-refractivity contribution in [1.29, 1.82) is 0 Å². The molecule has 0 aliphatic carbocycles. The van der Waals surface area contributed by atoms with Gasteiger partial charge in [-0.25, -0.2) is 0 Å². The Balaban J connectivity index is 2.24. The standard InChI is InChI=1S/4C6H4NO2.Pb/c4*8-7(9)6-4-2-1-3-5-6;/h4*1-2,4-5H;. The summed E-state index contributed by atoms with van der Waals surface area (Å²) >= 11 is -5.14. The molecule has 4 aromatic carbocycles. The minimum absolute atomic E-state index is 0.247. The van der Waals surface area contributed by atoms with E-state index in [1.807, 2.05) is 0 Å². The van der Waals surface area contributed by atoms with Crippen LogP contribution in [0.1, 0.15) is 0 Å². The number of hydrogen-bond acceptors (Lipinski definition) is 8. The predicted molar refractivity (Wildman–Crippen MR) is 137 cm³/mol. The number of hydrogen-bond donors (Lipinski definition) is 0. The van der Waals surface area contributed by atoms with Crippen LogP contribution in [0.2, 0.25) is 0 Å². The molecule has 0 spiro atoms. The molecule has 4 aromatic rings. The van der Waals surface area contributed by atoms with E-state index in [9.17, 15) is 40.5 Å². The van der Waals surface area contributed by atoms with E-state index >= 15 is 0 Å². The molecular weight excluding hydrogens is 679 g/mol. The summed E-state index contributed by atoms with van der Waals surface area (Å²) in [5.74, 6) is 0. The van der Waals surface area contributed by atoms with Crippen LogP contribution in [0.15, 0.2) is 97.1 Å². The molecule has 0 aromatic heterocycles. The van der Waals surface area contributed by atoms with Crippen molar-refractivity contribution >= 4 is 56.4 Å². The van der Waals surface area contributed by atoms with Gasteiger partial charge in [-0.3, -0.25) is 0 Å². The fourth-order valence-electron chi connectivity index (χ4n) is 4.41. The average Bonchev–Trinajstić information content (AvgIpc) is 2.90. The van der Waals surface area contributed by atoms with E-state index in [0.29, 0.717) is 12.5 Å². The molecule has 0 fully saturated rings. The molecule has 0 saturated heterocycles. The van der Waals surface area contributed by atoms with Gasteiger partial charge in [-0.2, -0.15) is 0 Å². The van der Waals surface area contributed by atoms with Crippen molar-refractivity contribution in [2.24, 2.45) is 0 Å². The van der Waals surface area contributed by atoms with E-state index < -0.39 is 40.9 Å². The second-order valence-corrected chi connectivity index (χ2v) is 22.8. The molecule has 0 aliphatic rings. The van der Waals surface area contributed by atoms with Crippen LogP contribution in [0.4, 0.5) is 22.7 Å². The van der Waals surface area contributed by atoms with Crippen LogP contribution in [0.5, 0.6) is 0 Å². The number of rotatable bonds is 8. The maximum absolute atomic E-state index is 11.7. The Bertz CT molecular complexity index is 1340. The molecule has 4 rings (SSSR count). The molecule has 0 N–H and O–H groups in total. The van der Waals surface area contributed by atoms with Crippen molar-refractivity contribution < 1.29 is 19.7 Å². The van der Waals surface area contributed by atoms with Gasteiger partial charge >= 0.3 is 214 Å². The van der Waals surface area contributed by atoms with Crippen molar-refractivity contribution in [1.82, 2.24) is 0 Å². The summed E-state index contributed by atoms with van der Waals surface area (Å²) in [5.41, 5.74) is -0.988. The minimum atomic E-state index is -5.14. The fraction of sp³-hybridized carbons (Fsp3) is 0. The first-order valence-corrected chi connectivity index (χ1v) is 18.4. The summed E-state index contributed by atoms with van der Waals surface area (Å²) in [6.45, 7) is 0. The molecular formula is C24H16N4O8Pb. The van der Waals surface area contributed by atoms with Gasteiger partial charge < -0.3 is 0 Å². The Hall–Kier alpha value is -4.60. The molecule has 0 bridgehead atoms. The first kappa shape index (κ1) is 25.5. The van der Waals surface area contributed by atoms with Crippen molar-refractivity contribution in [3.63, 3.8) is 0 Å². The van der Waals surface area contributed by atoms with Crippen molar-refractivity contribution in [2.45, 2.75) is 0 Å². The third kappa shape index (κ3) is 4.77. The van der Waals surface area contributed by atoms with Crippen LogP contribution in [0, 0.1) is 40.5 Å². The molecule has 0 heterocycles. The van der Waals surface area contributed by atoms with Crippen molar-refractivity contribution in [3.8, 4) is 0 Å². The number of nitrogens with zero attached hydrogens (tertiary/aromatic N) is 4. The predicted octanol–water partition coefficient (Wildman–Crippen LogP) is 2.70. The molecule has 0 radical (unpaired) electrons. The number of nitro benzene ring substituents is 4. The summed E-state index contributed by atoms with van der Waals surface area (Å²) in [7, 11) is 0. The zero-order valence-corrected chi connectivity index (χ0v) is 22.7. The zero-order chi connectivity index (χ0) is 26.7. The molecule has 0 aliphatic heterocycles. The van der Waals surface area contributed by atoms with Crippen molar-refractivity contribution in [3.05, 3.63) is 138 Å². The number of nitro groups is 4. The molecule has 37 heavy (non-hydrogen) atoms. The van der Waals surface area contributed by atoms with Crippen molar-refractivity contribution in [2.75, 3.05) is 0 Å². The van der Waals surface area contributed by atoms with Gasteiger partial charge in [0.2, 0.25) is 0 Å². The van der Waals surface area contributed by atoms with Crippen LogP contribution in [-0.4, -0.2) is 40.9 Å². The molecule has 12 nitrogen and oxygen atoms in total. The van der Waals surface area contributed by atoms with Gasteiger partial charge in [0.15, 0.2) is 0 Å². The molecule has 0 unspecified atom stereocenters. The quantitative estimate of drug-likeness (QED) is 0.154. The summed E-state index contributed by atoms with van der Waals surface area (Å²) in [4.78, 5) is 44.4. The summed E-state index contributed by atoms with van der Waals surface area (Å²) in [6, 6.07) is 22.9. The second kappa shape index (κ2) is 10.2. The molecule has 0 saturated carbocycles. The van der Waals surface area contributed by atoms with Gasteiger partial charge in [0.25, 0.3) is 0 Å². The second-order valence-electron chi connectivity index (χ2n) is 7.98. The molecule has 13 heteroatoms. The molecule has 184 valence electrons. The van der Waals surface area contributed by atoms with Crippen LogP contribution in [-0.2, 0) is 0 Å². The Morgan fingerprint density at radius 3 is 0.811 bits per heavy atom. The molecule has 0 amide bonds. The van der Waals surface area contributed by atoms with E-state index in [2.05, 4.69) is 0 Å². The summed E-state index contributed by atoms with van der Waals surface area (Å²) in [5, 5.41) is 46.7. The first-order valence-electron chi connectivity index (χ1n) is 10.6. The van der Waals surface area contributed by atoms with Gasteiger partial charge in [-0.1, -0.05) is 0 Å². The van der Waals surface area contributed by atoms with Crippen LogP contribution in [0.3, 0.4) is 0 Å². The molecule has 0 atom stereocenters. The zero-order valence-electron chi connectivity index (χ0n) is 18.8. The normalized spacial score (nSPS) is 11.0. The van der Waals surface area contributed by atoms with E-state index in [-0.39, 0.29) is 22.7 Å². The Kier molecular flexibility index (Phi) is 7.01. The average molecular weight is 696 g/mol. The van der Waals surface area contributed by atoms with Gasteiger partial charge in [-0.05, 0) is 0 Å². The number of non-ortho nitro benzene ring substituents is 4. The van der Waals surface area contributed by atoms with Crippen LogP contribution >= 0.6 is 0 Å². The van der Waals surface area contributed by atoms with Gasteiger partial charge in [-0.15, -0.1) is 0 Å². The van der Waals surface area contributed by atoms with Crippen LogP contribution in [0.25, 0.3) is 0 Å². The SMILES string of the molecule is O=[N+]([O-])c1ccc[c]([Pb]([c]2cccc([N+](=O)[O-])c2)([c]2cccc([N+](=O)[O-])c2)[c]2cccc([N+](=O)[O-])c2)c1. The Labute approximate surface area is 213 Å². The van der Waals surface area contributed by atoms with Crippen LogP contribution < -0.4 is 12.5 Å². The Morgan fingerprint density at radius 1 is 0.405 bits per heavy atom. The van der Waals surface area contributed by atoms with Gasteiger partial charge in [0.05, 0.1) is 0 Å². The van der Waals surface area contributed by atoms with E-state index in [1.165, 1.54) is 72.8 Å². The Morgan fingerprint density at radius 2 is 0.622 bits per heavy atom. The topological polar surface area (TPSA) is 173 Å². The van der Waals surface area contributed by atoms with Gasteiger partial charge in [0, 0.05) is 0 Å². The monoisotopic (exact) mass is 696 g/mol. The van der Waals surface area contributed by atoms with E-state index in [0.717, 1.165) is 0 Å². The summed E-state index contributed by atoms with van der Waals surface area (Å²) < 4.78 is 1.79. The maximum atomic E-state index is 11.7. The third-order valence-electron chi connectivity index (χ3n) is 5.96. The van der Waals surface area contributed by atoms with Gasteiger partial charge in [0.1, 0.15) is 0 Å². The van der Waals surface area contributed by atoms with E-state index in [4.69, 9.17) is 0 Å². The number of benzene rings is 4. The van der Waals surface area contributed by atoms with E-state index in [1.54, 1.807) is 24.3 Å². The first-order chi connectivity index (χ1) is 17.6. The summed E-state index contributed by atoms with van der Waals surface area (Å²) in [6.07, 6.45) is 0. The fourth-order valence-corrected chi connectivity index (χ4v) is 23.2.